The normalized spacial score (nSPS) is 32.9. The van der Waals surface area contributed by atoms with Gasteiger partial charge in [0, 0.05) is 31.1 Å². The molecular weight excluding hydrogens is 326 g/mol. The molecule has 138 valence electrons. The maximum absolute atomic E-state index is 12.7. The van der Waals surface area contributed by atoms with Crippen LogP contribution in [0.5, 0.6) is 0 Å². The van der Waals surface area contributed by atoms with Crippen molar-refractivity contribution in [3.05, 3.63) is 0 Å². The zero-order valence-electron chi connectivity index (χ0n) is 14.5. The Morgan fingerprint density at radius 3 is 2.29 bits per heavy atom. The molecule has 3 fully saturated rings. The predicted octanol–water partition coefficient (Wildman–Crippen LogP) is 1.36. The van der Waals surface area contributed by atoms with Crippen LogP contribution in [0, 0.1) is 5.92 Å². The van der Waals surface area contributed by atoms with Crippen LogP contribution in [0.25, 0.3) is 0 Å². The minimum atomic E-state index is -3.38. The number of hydrogen-bond acceptors (Lipinski definition) is 4. The molecule has 1 amide bonds. The van der Waals surface area contributed by atoms with Gasteiger partial charge in [0.1, 0.15) is 0 Å². The fourth-order valence-corrected chi connectivity index (χ4v) is 6.13. The number of amides is 1. The molecule has 0 aromatic carbocycles. The highest BCUT2D eigenvalue weighted by Gasteiger charge is 2.36. The van der Waals surface area contributed by atoms with Gasteiger partial charge in [0.05, 0.1) is 5.25 Å². The quantitative estimate of drug-likeness (QED) is 0.794. The number of carbonyl (C=O) groups excluding carboxylic acids is 1. The number of carbonyl (C=O) groups is 1. The van der Waals surface area contributed by atoms with E-state index in [-0.39, 0.29) is 23.9 Å². The molecule has 0 bridgehead atoms. The standard InChI is InChI=1S/C17H31N3O3S/c18-14-7-9-15(10-8-14)19-24(22,23)16-6-3-11-20(12-16)17(21)13-4-1-2-5-13/h13-16,19H,1-12,18H2. The smallest absolute Gasteiger partial charge is 0.225 e. The highest BCUT2D eigenvalue weighted by Crippen LogP contribution is 2.28. The van der Waals surface area contributed by atoms with Crippen LogP contribution >= 0.6 is 0 Å². The van der Waals surface area contributed by atoms with Gasteiger partial charge < -0.3 is 10.6 Å². The van der Waals surface area contributed by atoms with E-state index in [2.05, 4.69) is 4.72 Å². The third kappa shape index (κ3) is 4.29. The van der Waals surface area contributed by atoms with Gasteiger partial charge in [0.15, 0.2) is 0 Å². The molecule has 1 heterocycles. The molecule has 0 radical (unpaired) electrons. The Bertz CT molecular complexity index is 537. The summed E-state index contributed by atoms with van der Waals surface area (Å²) in [6, 6.07) is 0.218. The van der Waals surface area contributed by atoms with Crippen LogP contribution in [-0.2, 0) is 14.8 Å². The van der Waals surface area contributed by atoms with Crippen LogP contribution in [0.4, 0.5) is 0 Å². The molecular formula is C17H31N3O3S. The Hall–Kier alpha value is -0.660. The molecule has 1 atom stereocenters. The summed E-state index contributed by atoms with van der Waals surface area (Å²) < 4.78 is 28.4. The van der Waals surface area contributed by atoms with E-state index in [0.29, 0.717) is 19.5 Å². The molecule has 1 saturated heterocycles. The second-order valence-electron chi connectivity index (χ2n) is 7.80. The lowest BCUT2D eigenvalue weighted by Gasteiger charge is -2.35. The summed E-state index contributed by atoms with van der Waals surface area (Å²) >= 11 is 0. The molecule has 2 saturated carbocycles. The maximum Gasteiger partial charge on any atom is 0.225 e. The first-order valence-electron chi connectivity index (χ1n) is 9.51. The van der Waals surface area contributed by atoms with E-state index in [1.54, 1.807) is 4.90 Å². The lowest BCUT2D eigenvalue weighted by Crippen LogP contribution is -2.51. The second kappa shape index (κ2) is 7.70. The summed E-state index contributed by atoms with van der Waals surface area (Å²) in [5.41, 5.74) is 5.89. The summed E-state index contributed by atoms with van der Waals surface area (Å²) in [7, 11) is -3.38. The zero-order valence-corrected chi connectivity index (χ0v) is 15.3. The van der Waals surface area contributed by atoms with E-state index in [0.717, 1.165) is 57.8 Å². The van der Waals surface area contributed by atoms with Gasteiger partial charge in [0.25, 0.3) is 0 Å². The van der Waals surface area contributed by atoms with Crippen LogP contribution in [0.2, 0.25) is 0 Å². The molecule has 2 aliphatic carbocycles. The molecule has 0 aromatic heterocycles. The third-order valence-corrected chi connectivity index (χ3v) is 7.86. The molecule has 0 spiro atoms. The van der Waals surface area contributed by atoms with Crippen molar-refractivity contribution < 1.29 is 13.2 Å². The highest BCUT2D eigenvalue weighted by atomic mass is 32.2. The Balaban J connectivity index is 1.57. The summed E-state index contributed by atoms with van der Waals surface area (Å²) in [6.45, 7) is 1.07. The molecule has 0 aromatic rings. The molecule has 6 nitrogen and oxygen atoms in total. The van der Waals surface area contributed by atoms with E-state index >= 15 is 0 Å². The summed E-state index contributed by atoms with van der Waals surface area (Å²) in [5, 5.41) is -0.466. The van der Waals surface area contributed by atoms with E-state index in [1.165, 1.54) is 0 Å². The first kappa shape index (κ1) is 18.1. The molecule has 3 aliphatic rings. The van der Waals surface area contributed by atoms with E-state index < -0.39 is 15.3 Å². The van der Waals surface area contributed by atoms with Crippen LogP contribution in [0.1, 0.15) is 64.2 Å². The number of nitrogens with one attached hydrogen (secondary N) is 1. The lowest BCUT2D eigenvalue weighted by molar-refractivity contribution is -0.136. The fraction of sp³-hybridized carbons (Fsp3) is 0.941. The maximum atomic E-state index is 12.7. The average molecular weight is 358 g/mol. The Kier molecular flexibility index (Phi) is 5.82. The van der Waals surface area contributed by atoms with Gasteiger partial charge in [-0.05, 0) is 51.4 Å². The van der Waals surface area contributed by atoms with Crippen molar-refractivity contribution in [3.8, 4) is 0 Å². The zero-order chi connectivity index (χ0) is 17.2. The second-order valence-corrected chi connectivity index (χ2v) is 9.80. The van der Waals surface area contributed by atoms with Gasteiger partial charge in [-0.3, -0.25) is 4.79 Å². The largest absolute Gasteiger partial charge is 0.341 e. The van der Waals surface area contributed by atoms with Crippen molar-refractivity contribution >= 4 is 15.9 Å². The van der Waals surface area contributed by atoms with Gasteiger partial charge in [-0.1, -0.05) is 12.8 Å². The van der Waals surface area contributed by atoms with Crippen LogP contribution in [-0.4, -0.2) is 49.6 Å². The van der Waals surface area contributed by atoms with Crippen LogP contribution in [0.3, 0.4) is 0 Å². The highest BCUT2D eigenvalue weighted by molar-refractivity contribution is 7.90. The summed E-state index contributed by atoms with van der Waals surface area (Å²) in [4.78, 5) is 14.4. The number of sulfonamides is 1. The van der Waals surface area contributed by atoms with Crippen molar-refractivity contribution in [1.82, 2.24) is 9.62 Å². The average Bonchev–Trinajstić information content (AvgIpc) is 3.11. The monoisotopic (exact) mass is 357 g/mol. The lowest BCUT2D eigenvalue weighted by atomic mass is 9.93. The van der Waals surface area contributed by atoms with Crippen LogP contribution < -0.4 is 10.5 Å². The van der Waals surface area contributed by atoms with E-state index in [1.807, 2.05) is 0 Å². The minimum absolute atomic E-state index is 0.00992. The van der Waals surface area contributed by atoms with E-state index in [9.17, 15) is 13.2 Å². The van der Waals surface area contributed by atoms with Gasteiger partial charge in [-0.25, -0.2) is 13.1 Å². The third-order valence-electron chi connectivity index (χ3n) is 5.94. The van der Waals surface area contributed by atoms with E-state index in [4.69, 9.17) is 5.73 Å². The van der Waals surface area contributed by atoms with Gasteiger partial charge >= 0.3 is 0 Å². The molecule has 1 aliphatic heterocycles. The molecule has 7 heteroatoms. The van der Waals surface area contributed by atoms with Crippen molar-refractivity contribution in [2.45, 2.75) is 81.5 Å². The summed E-state index contributed by atoms with van der Waals surface area (Å²) in [6.07, 6.45) is 8.99. The fourth-order valence-electron chi connectivity index (χ4n) is 4.39. The molecule has 3 N–H and O–H groups in total. The molecule has 1 unspecified atom stereocenters. The number of piperidine rings is 1. The predicted molar refractivity (Wildman–Crippen MR) is 93.8 cm³/mol. The summed E-state index contributed by atoms with van der Waals surface area (Å²) in [5.74, 6) is 0.301. The molecule has 24 heavy (non-hydrogen) atoms. The number of hydrogen-bond donors (Lipinski definition) is 2. The van der Waals surface area contributed by atoms with Crippen molar-refractivity contribution in [2.24, 2.45) is 11.7 Å². The number of nitrogens with two attached hydrogens (primary N) is 1. The van der Waals surface area contributed by atoms with Crippen molar-refractivity contribution in [3.63, 3.8) is 0 Å². The first-order chi connectivity index (χ1) is 11.5. The van der Waals surface area contributed by atoms with Crippen LogP contribution in [0.15, 0.2) is 0 Å². The van der Waals surface area contributed by atoms with Gasteiger partial charge in [-0.2, -0.15) is 0 Å². The van der Waals surface area contributed by atoms with Crippen molar-refractivity contribution in [2.75, 3.05) is 13.1 Å². The Morgan fingerprint density at radius 2 is 1.62 bits per heavy atom. The van der Waals surface area contributed by atoms with Gasteiger partial charge in [0.2, 0.25) is 15.9 Å². The SMILES string of the molecule is NC1CCC(NS(=O)(=O)C2CCCN(C(=O)C3CCCC3)C2)CC1. The Labute approximate surface area is 145 Å². The number of nitrogens with zero attached hydrogens (tertiary/aromatic N) is 1. The van der Waals surface area contributed by atoms with Gasteiger partial charge in [-0.15, -0.1) is 0 Å². The minimum Gasteiger partial charge on any atom is -0.341 e. The Morgan fingerprint density at radius 1 is 0.958 bits per heavy atom. The number of likely N-dealkylation sites (tertiary alicyclic amines) is 1. The van der Waals surface area contributed by atoms with Crippen molar-refractivity contribution in [1.29, 1.82) is 0 Å². The first-order valence-corrected chi connectivity index (χ1v) is 11.1. The number of rotatable bonds is 4. The molecule has 3 rings (SSSR count). The topological polar surface area (TPSA) is 92.5 Å².